The summed E-state index contributed by atoms with van der Waals surface area (Å²) in [7, 11) is 0. The maximum Gasteiger partial charge on any atom is 0.124 e. The molecule has 0 aliphatic carbocycles. The Labute approximate surface area is 112 Å². The van der Waals surface area contributed by atoms with Gasteiger partial charge in [0.25, 0.3) is 0 Å². The number of para-hydroxylation sites is 1. The average Bonchev–Trinajstić information content (AvgIpc) is 2.39. The number of hydrogen-bond acceptors (Lipinski definition) is 2. The van der Waals surface area contributed by atoms with Crippen LogP contribution in [-0.4, -0.2) is 6.61 Å². The van der Waals surface area contributed by atoms with Gasteiger partial charge in [0.15, 0.2) is 0 Å². The van der Waals surface area contributed by atoms with E-state index in [4.69, 9.17) is 10.5 Å². The van der Waals surface area contributed by atoms with Gasteiger partial charge in [0.2, 0.25) is 0 Å². The molecule has 0 saturated heterocycles. The Balaban J connectivity index is 2.88. The van der Waals surface area contributed by atoms with Gasteiger partial charge in [-0.3, -0.25) is 0 Å². The van der Waals surface area contributed by atoms with Crippen molar-refractivity contribution in [1.82, 2.24) is 0 Å². The Hall–Kier alpha value is -1.02. The van der Waals surface area contributed by atoms with Gasteiger partial charge in [0.1, 0.15) is 5.75 Å². The molecule has 0 spiro atoms. The summed E-state index contributed by atoms with van der Waals surface area (Å²) in [5.74, 6) is 1.51. The minimum absolute atomic E-state index is 0.0904. The number of rotatable bonds is 8. The summed E-state index contributed by atoms with van der Waals surface area (Å²) in [6, 6.07) is 8.28. The largest absolute Gasteiger partial charge is 0.494 e. The maximum absolute atomic E-state index is 6.46. The molecule has 2 heteroatoms. The van der Waals surface area contributed by atoms with Crippen molar-refractivity contribution in [1.29, 1.82) is 0 Å². The molecule has 1 rings (SSSR count). The van der Waals surface area contributed by atoms with Crippen LogP contribution >= 0.6 is 0 Å². The lowest BCUT2D eigenvalue weighted by Gasteiger charge is -2.25. The smallest absolute Gasteiger partial charge is 0.124 e. The molecular formula is C16H27NO. The first-order valence-corrected chi connectivity index (χ1v) is 7.21. The van der Waals surface area contributed by atoms with Gasteiger partial charge in [-0.1, -0.05) is 44.9 Å². The van der Waals surface area contributed by atoms with Crippen LogP contribution in [0.25, 0.3) is 0 Å². The molecule has 0 heterocycles. The van der Waals surface area contributed by atoms with Gasteiger partial charge in [-0.25, -0.2) is 0 Å². The van der Waals surface area contributed by atoms with E-state index in [1.165, 1.54) is 25.7 Å². The van der Waals surface area contributed by atoms with Crippen LogP contribution in [0, 0.1) is 5.92 Å². The van der Waals surface area contributed by atoms with Crippen LogP contribution < -0.4 is 10.5 Å². The lowest BCUT2D eigenvalue weighted by molar-refractivity contribution is 0.318. The Kier molecular flexibility index (Phi) is 6.81. The number of ether oxygens (including phenoxy) is 1. The third-order valence-corrected chi connectivity index (χ3v) is 3.40. The van der Waals surface area contributed by atoms with Gasteiger partial charge < -0.3 is 10.5 Å². The fourth-order valence-electron chi connectivity index (χ4n) is 2.54. The number of benzene rings is 1. The van der Waals surface area contributed by atoms with Crippen LogP contribution in [0.15, 0.2) is 24.3 Å². The monoisotopic (exact) mass is 249 g/mol. The Morgan fingerprint density at radius 3 is 2.22 bits per heavy atom. The van der Waals surface area contributed by atoms with E-state index in [1.54, 1.807) is 0 Å². The molecule has 1 aromatic carbocycles. The summed E-state index contributed by atoms with van der Waals surface area (Å²) in [5.41, 5.74) is 7.62. The van der Waals surface area contributed by atoms with Gasteiger partial charge in [0, 0.05) is 11.6 Å². The summed E-state index contributed by atoms with van der Waals surface area (Å²) >= 11 is 0. The third-order valence-electron chi connectivity index (χ3n) is 3.40. The second kappa shape index (κ2) is 8.15. The Morgan fingerprint density at radius 2 is 1.67 bits per heavy atom. The van der Waals surface area contributed by atoms with Crippen molar-refractivity contribution in [3.8, 4) is 5.75 Å². The van der Waals surface area contributed by atoms with E-state index in [0.29, 0.717) is 12.5 Å². The second-order valence-corrected chi connectivity index (χ2v) is 4.83. The van der Waals surface area contributed by atoms with Crippen LogP contribution in [0.3, 0.4) is 0 Å². The predicted molar refractivity (Wildman–Crippen MR) is 77.8 cm³/mol. The molecule has 0 bridgehead atoms. The molecule has 0 aromatic heterocycles. The summed E-state index contributed by atoms with van der Waals surface area (Å²) in [6.07, 6.45) is 4.76. The van der Waals surface area contributed by atoms with E-state index in [2.05, 4.69) is 19.9 Å². The molecule has 2 N–H and O–H groups in total. The van der Waals surface area contributed by atoms with E-state index in [-0.39, 0.29) is 6.04 Å². The van der Waals surface area contributed by atoms with Crippen molar-refractivity contribution in [2.45, 2.75) is 52.5 Å². The normalized spacial score (nSPS) is 12.7. The SMILES string of the molecule is CCCC(CCC)C(N)c1ccccc1OCC. The molecule has 0 aliphatic rings. The highest BCUT2D eigenvalue weighted by Gasteiger charge is 2.20. The van der Waals surface area contributed by atoms with Crippen molar-refractivity contribution >= 4 is 0 Å². The van der Waals surface area contributed by atoms with E-state index in [0.717, 1.165) is 11.3 Å². The van der Waals surface area contributed by atoms with Crippen molar-refractivity contribution < 1.29 is 4.74 Å². The molecule has 0 aliphatic heterocycles. The third kappa shape index (κ3) is 4.02. The first-order chi connectivity index (χ1) is 8.74. The van der Waals surface area contributed by atoms with Crippen molar-refractivity contribution in [2.75, 3.05) is 6.61 Å². The zero-order valence-corrected chi connectivity index (χ0v) is 12.0. The molecule has 0 fully saturated rings. The van der Waals surface area contributed by atoms with E-state index >= 15 is 0 Å². The van der Waals surface area contributed by atoms with Crippen LogP contribution in [-0.2, 0) is 0 Å². The average molecular weight is 249 g/mol. The fraction of sp³-hybridized carbons (Fsp3) is 0.625. The standard InChI is InChI=1S/C16H27NO/c1-4-9-13(10-5-2)16(17)14-11-7-8-12-15(14)18-6-3/h7-8,11-13,16H,4-6,9-10,17H2,1-3H3. The summed E-state index contributed by atoms with van der Waals surface area (Å²) in [4.78, 5) is 0. The Bertz CT molecular complexity index is 332. The predicted octanol–water partition coefficient (Wildman–Crippen LogP) is 4.30. The molecule has 102 valence electrons. The van der Waals surface area contributed by atoms with Gasteiger partial charge in [-0.05, 0) is 31.7 Å². The van der Waals surface area contributed by atoms with Crippen molar-refractivity contribution in [3.05, 3.63) is 29.8 Å². The minimum Gasteiger partial charge on any atom is -0.494 e. The van der Waals surface area contributed by atoms with Crippen LogP contribution in [0.2, 0.25) is 0 Å². The van der Waals surface area contributed by atoms with Gasteiger partial charge in [0.05, 0.1) is 6.61 Å². The quantitative estimate of drug-likeness (QED) is 0.745. The first kappa shape index (κ1) is 15.0. The molecule has 1 atom stereocenters. The highest BCUT2D eigenvalue weighted by Crippen LogP contribution is 2.32. The summed E-state index contributed by atoms with van der Waals surface area (Å²) in [6.45, 7) is 7.15. The minimum atomic E-state index is 0.0904. The van der Waals surface area contributed by atoms with E-state index in [9.17, 15) is 0 Å². The highest BCUT2D eigenvalue weighted by molar-refractivity contribution is 5.36. The van der Waals surface area contributed by atoms with Gasteiger partial charge in [-0.15, -0.1) is 0 Å². The molecule has 0 amide bonds. The molecule has 2 nitrogen and oxygen atoms in total. The number of nitrogens with two attached hydrogens (primary N) is 1. The maximum atomic E-state index is 6.46. The summed E-state index contributed by atoms with van der Waals surface area (Å²) < 4.78 is 5.68. The second-order valence-electron chi connectivity index (χ2n) is 4.83. The molecule has 0 radical (unpaired) electrons. The fourth-order valence-corrected chi connectivity index (χ4v) is 2.54. The zero-order chi connectivity index (χ0) is 13.4. The van der Waals surface area contributed by atoms with Crippen LogP contribution in [0.1, 0.15) is 58.1 Å². The molecular weight excluding hydrogens is 222 g/mol. The van der Waals surface area contributed by atoms with Crippen LogP contribution in [0.5, 0.6) is 5.75 Å². The lowest BCUT2D eigenvalue weighted by atomic mass is 9.86. The van der Waals surface area contributed by atoms with Gasteiger partial charge in [-0.2, -0.15) is 0 Å². The van der Waals surface area contributed by atoms with Crippen molar-refractivity contribution in [3.63, 3.8) is 0 Å². The van der Waals surface area contributed by atoms with E-state index in [1.807, 2.05) is 25.1 Å². The topological polar surface area (TPSA) is 35.2 Å². The van der Waals surface area contributed by atoms with Gasteiger partial charge >= 0.3 is 0 Å². The highest BCUT2D eigenvalue weighted by atomic mass is 16.5. The van der Waals surface area contributed by atoms with Crippen LogP contribution in [0.4, 0.5) is 0 Å². The first-order valence-electron chi connectivity index (χ1n) is 7.21. The molecule has 18 heavy (non-hydrogen) atoms. The molecule has 0 saturated carbocycles. The van der Waals surface area contributed by atoms with E-state index < -0.39 is 0 Å². The lowest BCUT2D eigenvalue weighted by Crippen LogP contribution is -2.22. The Morgan fingerprint density at radius 1 is 1.06 bits per heavy atom. The molecule has 1 aromatic rings. The number of hydrogen-bond donors (Lipinski definition) is 1. The van der Waals surface area contributed by atoms with Crippen molar-refractivity contribution in [2.24, 2.45) is 11.7 Å². The summed E-state index contributed by atoms with van der Waals surface area (Å²) in [5, 5.41) is 0. The molecule has 1 unspecified atom stereocenters. The zero-order valence-electron chi connectivity index (χ0n) is 12.0.